The quantitative estimate of drug-likeness (QED) is 0.322. The molecule has 1 rings (SSSR count). The van der Waals surface area contributed by atoms with E-state index in [0.717, 1.165) is 10.7 Å². The van der Waals surface area contributed by atoms with Crippen LogP contribution >= 0.6 is 23.5 Å². The molecule has 0 bridgehead atoms. The van der Waals surface area contributed by atoms with Crippen molar-refractivity contribution in [1.29, 1.82) is 0 Å². The third-order valence-corrected chi connectivity index (χ3v) is 5.02. The topological polar surface area (TPSA) is 92.8 Å². The van der Waals surface area contributed by atoms with E-state index in [2.05, 4.69) is 5.32 Å². The second-order valence-corrected chi connectivity index (χ2v) is 7.25. The summed E-state index contributed by atoms with van der Waals surface area (Å²) in [6.07, 6.45) is 4.94. The number of amides is 3. The molecule has 1 aliphatic rings. The summed E-state index contributed by atoms with van der Waals surface area (Å²) in [5, 5.41) is 2.42. The van der Waals surface area contributed by atoms with Crippen molar-refractivity contribution in [1.82, 2.24) is 10.2 Å². The Labute approximate surface area is 150 Å². The number of imide groups is 1. The molecule has 9 heteroatoms. The van der Waals surface area contributed by atoms with Gasteiger partial charge in [-0.15, -0.1) is 0 Å². The largest absolute Gasteiger partial charge is 0.466 e. The zero-order chi connectivity index (χ0) is 17.9. The van der Waals surface area contributed by atoms with E-state index < -0.39 is 5.97 Å². The number of carbonyl (C=O) groups excluding carboxylic acids is 4. The molecule has 3 amide bonds. The number of esters is 1. The Hall–Kier alpha value is -1.22. The number of rotatable bonds is 11. The van der Waals surface area contributed by atoms with Gasteiger partial charge in [0.25, 0.3) is 0 Å². The molecule has 0 aromatic heterocycles. The molecule has 24 heavy (non-hydrogen) atoms. The van der Waals surface area contributed by atoms with Gasteiger partial charge in [-0.05, 0) is 18.9 Å². The third-order valence-electron chi connectivity index (χ3n) is 3.47. The minimum Gasteiger partial charge on any atom is -0.466 e. The molecule has 1 unspecified atom stereocenters. The maximum atomic E-state index is 11.9. The summed E-state index contributed by atoms with van der Waals surface area (Å²) in [5.74, 6) is -0.137. The molecule has 0 aromatic rings. The van der Waals surface area contributed by atoms with Crippen molar-refractivity contribution < 1.29 is 23.9 Å². The average Bonchev–Trinajstić information content (AvgIpc) is 2.84. The monoisotopic (exact) mass is 376 g/mol. The first-order valence-corrected chi connectivity index (χ1v) is 10.5. The van der Waals surface area contributed by atoms with Crippen molar-refractivity contribution in [3.05, 3.63) is 0 Å². The lowest BCUT2D eigenvalue weighted by molar-refractivity contribution is -0.145. The molecule has 1 heterocycles. The predicted octanol–water partition coefficient (Wildman–Crippen LogP) is 0.670. The van der Waals surface area contributed by atoms with Crippen LogP contribution in [0.1, 0.15) is 25.7 Å². The lowest BCUT2D eigenvalue weighted by Gasteiger charge is -2.14. The summed E-state index contributed by atoms with van der Waals surface area (Å²) in [6, 6.07) is 0. The Morgan fingerprint density at radius 2 is 2.04 bits per heavy atom. The van der Waals surface area contributed by atoms with E-state index >= 15 is 0 Å². The number of hydrogen-bond donors (Lipinski definition) is 1. The van der Waals surface area contributed by atoms with E-state index in [1.807, 2.05) is 6.26 Å². The van der Waals surface area contributed by atoms with Crippen molar-refractivity contribution in [2.45, 2.75) is 30.9 Å². The van der Waals surface area contributed by atoms with Crippen LogP contribution in [0.25, 0.3) is 0 Å². The number of carbonyl (C=O) groups is 4. The standard InChI is InChI=1S/C15H24N2O5S2/c1-23-9-5-12(18)16-6-3-8-22-14(20)4-7-17-13(19)10-11(24-2)15(17)21/h11H,3-10H2,1-2H3,(H,16,18). The second kappa shape index (κ2) is 11.4. The van der Waals surface area contributed by atoms with Crippen LogP contribution in [-0.2, 0) is 23.9 Å². The van der Waals surface area contributed by atoms with Crippen LogP contribution in [0, 0.1) is 0 Å². The van der Waals surface area contributed by atoms with Gasteiger partial charge in [-0.1, -0.05) is 0 Å². The van der Waals surface area contributed by atoms with Crippen molar-refractivity contribution in [2.75, 3.05) is 38.0 Å². The van der Waals surface area contributed by atoms with Gasteiger partial charge in [0.05, 0.1) is 18.3 Å². The molecule has 1 N–H and O–H groups in total. The molecular formula is C15H24N2O5S2. The van der Waals surface area contributed by atoms with Crippen LogP contribution in [-0.4, -0.2) is 71.8 Å². The number of ether oxygens (including phenoxy) is 1. The van der Waals surface area contributed by atoms with Gasteiger partial charge in [0, 0.05) is 31.7 Å². The van der Waals surface area contributed by atoms with E-state index in [9.17, 15) is 19.2 Å². The minimum atomic E-state index is -0.447. The Balaban J connectivity index is 2.11. The summed E-state index contributed by atoms with van der Waals surface area (Å²) in [6.45, 7) is 0.731. The first-order chi connectivity index (χ1) is 11.5. The van der Waals surface area contributed by atoms with E-state index in [-0.39, 0.29) is 49.0 Å². The molecule has 136 valence electrons. The Kier molecular flexibility index (Phi) is 9.85. The Morgan fingerprint density at radius 3 is 2.67 bits per heavy atom. The average molecular weight is 377 g/mol. The molecule has 1 fully saturated rings. The normalized spacial score (nSPS) is 17.2. The second-order valence-electron chi connectivity index (χ2n) is 5.23. The zero-order valence-corrected chi connectivity index (χ0v) is 15.7. The van der Waals surface area contributed by atoms with Crippen LogP contribution in [0.3, 0.4) is 0 Å². The minimum absolute atomic E-state index is 0.00133. The van der Waals surface area contributed by atoms with Crippen molar-refractivity contribution in [2.24, 2.45) is 0 Å². The first-order valence-electron chi connectivity index (χ1n) is 7.77. The van der Waals surface area contributed by atoms with Gasteiger partial charge in [0.2, 0.25) is 17.7 Å². The first kappa shape index (κ1) is 20.8. The highest BCUT2D eigenvalue weighted by Gasteiger charge is 2.37. The van der Waals surface area contributed by atoms with Gasteiger partial charge in [-0.2, -0.15) is 23.5 Å². The van der Waals surface area contributed by atoms with Crippen LogP contribution in [0.2, 0.25) is 0 Å². The van der Waals surface area contributed by atoms with Gasteiger partial charge in [-0.25, -0.2) is 0 Å². The summed E-state index contributed by atoms with van der Waals surface area (Å²) in [4.78, 5) is 47.7. The summed E-state index contributed by atoms with van der Waals surface area (Å²) >= 11 is 2.96. The fourth-order valence-corrected chi connectivity index (χ4v) is 3.14. The number of hydrogen-bond acceptors (Lipinski definition) is 7. The van der Waals surface area contributed by atoms with Gasteiger partial charge >= 0.3 is 5.97 Å². The summed E-state index contributed by atoms with van der Waals surface area (Å²) < 4.78 is 5.04. The van der Waals surface area contributed by atoms with Crippen molar-refractivity contribution in [3.8, 4) is 0 Å². The summed E-state index contributed by atoms with van der Waals surface area (Å²) in [5.41, 5.74) is 0. The van der Waals surface area contributed by atoms with Gasteiger partial charge < -0.3 is 10.1 Å². The zero-order valence-electron chi connectivity index (χ0n) is 14.0. The van der Waals surface area contributed by atoms with E-state index in [1.54, 1.807) is 18.0 Å². The highest BCUT2D eigenvalue weighted by Crippen LogP contribution is 2.23. The Bertz CT molecular complexity index is 473. The third kappa shape index (κ3) is 7.12. The number of nitrogens with zero attached hydrogens (tertiary/aromatic N) is 1. The lowest BCUT2D eigenvalue weighted by Crippen LogP contribution is -2.33. The van der Waals surface area contributed by atoms with Crippen molar-refractivity contribution in [3.63, 3.8) is 0 Å². The van der Waals surface area contributed by atoms with E-state index in [1.165, 1.54) is 11.8 Å². The van der Waals surface area contributed by atoms with Gasteiger partial charge in [0.15, 0.2) is 0 Å². The number of nitrogens with one attached hydrogen (secondary N) is 1. The number of thioether (sulfide) groups is 2. The van der Waals surface area contributed by atoms with E-state index in [0.29, 0.717) is 19.4 Å². The molecule has 1 atom stereocenters. The van der Waals surface area contributed by atoms with Crippen LogP contribution in [0.15, 0.2) is 0 Å². The lowest BCUT2D eigenvalue weighted by atomic mass is 10.3. The van der Waals surface area contributed by atoms with Crippen LogP contribution in [0.4, 0.5) is 0 Å². The molecular weight excluding hydrogens is 352 g/mol. The highest BCUT2D eigenvalue weighted by atomic mass is 32.2. The SMILES string of the molecule is CSCCC(=O)NCCCOC(=O)CCN1C(=O)CC(SC)C1=O. The molecule has 7 nitrogen and oxygen atoms in total. The fraction of sp³-hybridized carbons (Fsp3) is 0.733. The molecule has 0 saturated carbocycles. The van der Waals surface area contributed by atoms with Crippen molar-refractivity contribution >= 4 is 47.2 Å². The smallest absolute Gasteiger partial charge is 0.307 e. The maximum absolute atomic E-state index is 11.9. The molecule has 1 aliphatic heterocycles. The molecule has 0 aliphatic carbocycles. The molecule has 0 radical (unpaired) electrons. The molecule has 0 spiro atoms. The predicted molar refractivity (Wildman–Crippen MR) is 94.8 cm³/mol. The molecule has 1 saturated heterocycles. The fourth-order valence-electron chi connectivity index (χ4n) is 2.12. The van der Waals surface area contributed by atoms with Crippen LogP contribution in [0.5, 0.6) is 0 Å². The molecule has 0 aromatic carbocycles. The Morgan fingerprint density at radius 1 is 1.29 bits per heavy atom. The van der Waals surface area contributed by atoms with E-state index in [4.69, 9.17) is 4.74 Å². The van der Waals surface area contributed by atoms with Gasteiger partial charge in [-0.3, -0.25) is 24.1 Å². The highest BCUT2D eigenvalue weighted by molar-refractivity contribution is 8.00. The number of likely N-dealkylation sites (tertiary alicyclic amines) is 1. The van der Waals surface area contributed by atoms with Gasteiger partial charge in [0.1, 0.15) is 0 Å². The maximum Gasteiger partial charge on any atom is 0.307 e. The van der Waals surface area contributed by atoms with Crippen LogP contribution < -0.4 is 5.32 Å². The summed E-state index contributed by atoms with van der Waals surface area (Å²) in [7, 11) is 0.